The molecule has 0 unspecified atom stereocenters. The highest BCUT2D eigenvalue weighted by molar-refractivity contribution is 5.91. The third-order valence-electron chi connectivity index (χ3n) is 11.1. The number of ether oxygens (including phenoxy) is 7. The van der Waals surface area contributed by atoms with Crippen molar-refractivity contribution in [2.45, 2.75) is 147 Å². The van der Waals surface area contributed by atoms with Gasteiger partial charge in [-0.15, -0.1) is 0 Å². The monoisotopic (exact) mass is 771 g/mol. The van der Waals surface area contributed by atoms with Crippen LogP contribution in [0.1, 0.15) is 67.2 Å². The van der Waals surface area contributed by atoms with Crippen LogP contribution >= 0.6 is 0 Å². The molecule has 3 heterocycles. The summed E-state index contributed by atoms with van der Waals surface area (Å²) in [5.74, 6) is -3.37. The van der Waals surface area contributed by atoms with E-state index in [1.165, 1.54) is 20.3 Å². The number of hydrogen-bond acceptors (Lipinski definition) is 15. The van der Waals surface area contributed by atoms with E-state index in [9.17, 15) is 34.8 Å². The average Bonchev–Trinajstić information content (AvgIpc) is 3.12. The summed E-state index contributed by atoms with van der Waals surface area (Å²) in [7, 11) is 6.36. The van der Waals surface area contributed by atoms with Crippen LogP contribution in [0.2, 0.25) is 0 Å². The summed E-state index contributed by atoms with van der Waals surface area (Å²) in [5, 5.41) is 44.2. The third kappa shape index (κ3) is 11.7. The maximum Gasteiger partial charge on any atom is 0.308 e. The molecule has 0 aliphatic carbocycles. The molecule has 0 aromatic carbocycles. The normalized spacial score (nSPS) is 43.6. The van der Waals surface area contributed by atoms with Gasteiger partial charge in [0.05, 0.1) is 49.6 Å². The number of aldehydes is 1. The third-order valence-corrected chi connectivity index (χ3v) is 11.1. The van der Waals surface area contributed by atoms with Gasteiger partial charge in [-0.25, -0.2) is 0 Å². The number of allylic oxidation sites excluding steroid dienone is 3. The van der Waals surface area contributed by atoms with Gasteiger partial charge in [0.25, 0.3) is 0 Å². The van der Waals surface area contributed by atoms with Gasteiger partial charge in [0.15, 0.2) is 18.4 Å². The second kappa shape index (κ2) is 21.4. The first-order valence-corrected chi connectivity index (χ1v) is 19.0. The minimum absolute atomic E-state index is 0.0120. The average molecular weight is 772 g/mol. The molecule has 54 heavy (non-hydrogen) atoms. The number of ketones is 1. The van der Waals surface area contributed by atoms with E-state index in [2.05, 4.69) is 0 Å². The number of rotatable bonds is 11. The smallest absolute Gasteiger partial charge is 0.308 e. The van der Waals surface area contributed by atoms with Gasteiger partial charge in [0.2, 0.25) is 0 Å². The van der Waals surface area contributed by atoms with Crippen LogP contribution in [0.25, 0.3) is 0 Å². The lowest BCUT2D eigenvalue weighted by molar-refractivity contribution is -0.304. The van der Waals surface area contributed by atoms with Crippen LogP contribution in [0, 0.1) is 23.7 Å². The molecule has 2 saturated heterocycles. The molecule has 0 spiro atoms. The zero-order chi connectivity index (χ0) is 40.4. The summed E-state index contributed by atoms with van der Waals surface area (Å²) in [6.45, 7) is 10.5. The van der Waals surface area contributed by atoms with Crippen molar-refractivity contribution in [3.63, 3.8) is 0 Å². The molecule has 17 atom stereocenters. The second-order valence-electron chi connectivity index (χ2n) is 15.4. The van der Waals surface area contributed by atoms with Crippen molar-refractivity contribution < 1.29 is 68.0 Å². The Hall–Kier alpha value is -2.15. The van der Waals surface area contributed by atoms with E-state index >= 15 is 0 Å². The van der Waals surface area contributed by atoms with Crippen molar-refractivity contribution in [1.29, 1.82) is 0 Å². The van der Waals surface area contributed by atoms with Crippen molar-refractivity contribution in [3.8, 4) is 0 Å². The minimum atomic E-state index is -1.31. The fourth-order valence-electron chi connectivity index (χ4n) is 7.76. The predicted molar refractivity (Wildman–Crippen MR) is 196 cm³/mol. The molecule has 0 aromatic rings. The molecule has 3 aliphatic heterocycles. The topological polar surface area (TPSA) is 200 Å². The molecule has 0 aromatic heterocycles. The number of likely N-dealkylation sites (N-methyl/N-ethyl adjacent to an activating group) is 1. The van der Waals surface area contributed by atoms with Crippen LogP contribution in [0.15, 0.2) is 23.8 Å². The number of nitrogens with zero attached hydrogens (tertiary/aromatic N) is 1. The quantitative estimate of drug-likeness (QED) is 0.174. The first-order chi connectivity index (χ1) is 25.5. The molecule has 0 saturated carbocycles. The maximum atomic E-state index is 13.6. The van der Waals surface area contributed by atoms with Crippen molar-refractivity contribution in [1.82, 2.24) is 4.90 Å². The van der Waals surface area contributed by atoms with Gasteiger partial charge in [0.1, 0.15) is 36.8 Å². The number of aliphatic hydroxyl groups excluding tert-OH is 4. The van der Waals surface area contributed by atoms with Crippen LogP contribution in [-0.4, -0.2) is 158 Å². The van der Waals surface area contributed by atoms with Gasteiger partial charge in [-0.2, -0.15) is 0 Å². The van der Waals surface area contributed by atoms with E-state index in [1.807, 2.05) is 19.9 Å². The number of carbonyl (C=O) groups excluding carboxylic acids is 3. The van der Waals surface area contributed by atoms with Crippen LogP contribution in [0.4, 0.5) is 0 Å². The van der Waals surface area contributed by atoms with Gasteiger partial charge in [-0.1, -0.05) is 38.5 Å². The molecule has 15 nitrogen and oxygen atoms in total. The Bertz CT molecular complexity index is 1260. The minimum Gasteiger partial charge on any atom is -0.462 e. The predicted octanol–water partition coefficient (Wildman–Crippen LogP) is 1.56. The lowest BCUT2D eigenvalue weighted by Gasteiger charge is -2.46. The number of cyclic esters (lactones) is 1. The van der Waals surface area contributed by atoms with E-state index in [0.717, 1.165) is 6.29 Å². The van der Waals surface area contributed by atoms with E-state index in [1.54, 1.807) is 52.8 Å². The molecular formula is C39H65NO14. The second-order valence-corrected chi connectivity index (χ2v) is 15.4. The lowest BCUT2D eigenvalue weighted by atomic mass is 9.79. The first-order valence-electron chi connectivity index (χ1n) is 19.0. The SMILES string of the molecule is CC[C@H]1OC(=O)C[C@@H](O)[C@H](C)[C@@H](O[C@@H]2O[C@H](C)[C@@H](O)[C@H](N(C)C)[C@H]2O)[C@@H](CC=O)C[C@@H](C)C(=O)/C=C/C(C)=C/[C@@H]1CO[C@@H]1O[C@H](C)[C@@H](O)[C@@H](OC)[C@H]1OC. The van der Waals surface area contributed by atoms with E-state index in [-0.39, 0.29) is 25.2 Å². The Balaban J connectivity index is 1.96. The zero-order valence-electron chi connectivity index (χ0n) is 33.5. The van der Waals surface area contributed by atoms with Gasteiger partial charge in [-0.05, 0) is 59.7 Å². The molecule has 0 bridgehead atoms. The van der Waals surface area contributed by atoms with Gasteiger partial charge >= 0.3 is 5.97 Å². The molecule has 2 fully saturated rings. The van der Waals surface area contributed by atoms with Crippen molar-refractivity contribution in [2.24, 2.45) is 23.7 Å². The highest BCUT2D eigenvalue weighted by atomic mass is 16.7. The number of esters is 1. The Kier molecular flexibility index (Phi) is 18.3. The number of carbonyl (C=O) groups is 3. The lowest BCUT2D eigenvalue weighted by Crippen LogP contribution is -2.63. The number of methoxy groups -OCH3 is 2. The molecule has 3 rings (SSSR count). The molecule has 4 N–H and O–H groups in total. The summed E-state index contributed by atoms with van der Waals surface area (Å²) in [5.41, 5.74) is 0.701. The van der Waals surface area contributed by atoms with Gasteiger partial charge < -0.3 is 63.3 Å². The molecular weight excluding hydrogens is 706 g/mol. The van der Waals surface area contributed by atoms with E-state index in [4.69, 9.17) is 33.2 Å². The zero-order valence-corrected chi connectivity index (χ0v) is 33.5. The molecule has 0 amide bonds. The van der Waals surface area contributed by atoms with Crippen LogP contribution in [0.5, 0.6) is 0 Å². The Morgan fingerprint density at radius 1 is 0.889 bits per heavy atom. The van der Waals surface area contributed by atoms with Crippen LogP contribution in [0.3, 0.4) is 0 Å². The van der Waals surface area contributed by atoms with Crippen molar-refractivity contribution in [2.75, 3.05) is 34.9 Å². The molecule has 310 valence electrons. The van der Waals surface area contributed by atoms with Crippen molar-refractivity contribution in [3.05, 3.63) is 23.8 Å². The summed E-state index contributed by atoms with van der Waals surface area (Å²) in [6, 6.07) is -0.740. The maximum absolute atomic E-state index is 13.6. The highest BCUT2D eigenvalue weighted by Crippen LogP contribution is 2.35. The molecule has 15 heteroatoms. The Morgan fingerprint density at radius 2 is 1.52 bits per heavy atom. The van der Waals surface area contributed by atoms with Gasteiger partial charge in [0, 0.05) is 38.4 Å². The Morgan fingerprint density at radius 3 is 2.11 bits per heavy atom. The van der Waals surface area contributed by atoms with Crippen LogP contribution < -0.4 is 0 Å². The van der Waals surface area contributed by atoms with E-state index in [0.29, 0.717) is 12.0 Å². The molecule has 3 aliphatic rings. The largest absolute Gasteiger partial charge is 0.462 e. The summed E-state index contributed by atoms with van der Waals surface area (Å²) in [6.07, 6.45) is -5.36. The fraction of sp³-hybridized carbons (Fsp3) is 0.821. The Labute approximate surface area is 319 Å². The van der Waals surface area contributed by atoms with E-state index < -0.39 is 116 Å². The fourth-order valence-corrected chi connectivity index (χ4v) is 7.76. The summed E-state index contributed by atoms with van der Waals surface area (Å²) in [4.78, 5) is 40.8. The van der Waals surface area contributed by atoms with Crippen LogP contribution in [-0.2, 0) is 47.5 Å². The first kappa shape index (κ1) is 46.2. The van der Waals surface area contributed by atoms with Crippen molar-refractivity contribution >= 4 is 18.0 Å². The molecule has 0 radical (unpaired) electrons. The summed E-state index contributed by atoms with van der Waals surface area (Å²) < 4.78 is 41.6. The van der Waals surface area contributed by atoms with Gasteiger partial charge in [-0.3, -0.25) is 9.59 Å². The summed E-state index contributed by atoms with van der Waals surface area (Å²) >= 11 is 0. The highest BCUT2D eigenvalue weighted by Gasteiger charge is 2.48. The number of hydrogen-bond donors (Lipinski definition) is 4. The standard InChI is InChI=1S/C39H65NO14/c1-11-29-26(19-50-39-37(49-10)36(48-9)33(46)24(6)52-39)16-20(2)12-13-27(42)21(3)17-25(14-15-41)35(22(4)28(43)18-30(44)53-29)54-38-34(47)31(40(7)8)32(45)23(5)51-38/h12-13,15-16,21-26,28-29,31-39,43,45-47H,11,14,17-19H2,1-10H3/b13-12+,20-16+/t21-,22+,23-,24-,25+,26-,28-,29-,31+,32-,33-,34-,35-,36-,37-,38+,39-/m1/s1. The number of aliphatic hydroxyl groups is 4.